The molecule has 0 spiro atoms. The van der Waals surface area contributed by atoms with E-state index in [-0.39, 0.29) is 10.2 Å². The van der Waals surface area contributed by atoms with Gasteiger partial charge in [-0.25, -0.2) is 0 Å². The zero-order valence-electron chi connectivity index (χ0n) is 14.4. The molecule has 2 aromatic rings. The summed E-state index contributed by atoms with van der Waals surface area (Å²) in [5.74, 6) is 1.82. The molecule has 2 aromatic carbocycles. The lowest BCUT2D eigenvalue weighted by atomic mass is 9.87. The van der Waals surface area contributed by atoms with Crippen molar-refractivity contribution in [3.8, 4) is 11.5 Å². The average Bonchev–Trinajstić information content (AvgIpc) is 2.39. The van der Waals surface area contributed by atoms with Crippen molar-refractivity contribution in [2.75, 3.05) is 0 Å². The third kappa shape index (κ3) is 4.81. The molecule has 118 valence electrons. The van der Waals surface area contributed by atoms with Gasteiger partial charge in [0, 0.05) is 4.75 Å². The Morgan fingerprint density at radius 1 is 0.818 bits per heavy atom. The van der Waals surface area contributed by atoms with Crippen LogP contribution in [0.25, 0.3) is 0 Å². The molecular formula is C20H26OS. The fourth-order valence-electron chi connectivity index (χ4n) is 2.08. The van der Waals surface area contributed by atoms with Gasteiger partial charge in [0.25, 0.3) is 0 Å². The quantitative estimate of drug-likeness (QED) is 0.585. The van der Waals surface area contributed by atoms with E-state index in [0.717, 1.165) is 11.5 Å². The Hall–Kier alpha value is -1.41. The van der Waals surface area contributed by atoms with E-state index < -0.39 is 0 Å². The number of thioether (sulfide) groups is 1. The van der Waals surface area contributed by atoms with Crippen LogP contribution < -0.4 is 4.74 Å². The topological polar surface area (TPSA) is 9.23 Å². The zero-order chi connectivity index (χ0) is 16.4. The summed E-state index contributed by atoms with van der Waals surface area (Å²) in [6, 6.07) is 16.6. The van der Waals surface area contributed by atoms with Crippen molar-refractivity contribution in [3.05, 3.63) is 54.1 Å². The number of hydrogen-bond acceptors (Lipinski definition) is 2. The molecule has 0 amide bonds. The SMILES string of the molecule is CC(C)(C)Sc1ccc(C(C)(C)C)cc1Oc1ccccc1. The molecule has 22 heavy (non-hydrogen) atoms. The second kappa shape index (κ2) is 6.37. The van der Waals surface area contributed by atoms with Gasteiger partial charge in [-0.15, -0.1) is 11.8 Å². The molecule has 0 N–H and O–H groups in total. The summed E-state index contributed by atoms with van der Waals surface area (Å²) < 4.78 is 6.32. The maximum absolute atomic E-state index is 6.17. The van der Waals surface area contributed by atoms with E-state index >= 15 is 0 Å². The summed E-state index contributed by atoms with van der Waals surface area (Å²) in [6.45, 7) is 13.4. The minimum absolute atomic E-state index is 0.111. The first-order valence-electron chi connectivity index (χ1n) is 7.72. The lowest BCUT2D eigenvalue weighted by Crippen LogP contribution is -2.12. The van der Waals surface area contributed by atoms with Gasteiger partial charge in [0.05, 0.1) is 4.90 Å². The van der Waals surface area contributed by atoms with E-state index in [4.69, 9.17) is 4.74 Å². The molecule has 0 aliphatic carbocycles. The number of rotatable bonds is 3. The Labute approximate surface area is 139 Å². The van der Waals surface area contributed by atoms with Crippen molar-refractivity contribution in [2.45, 2.75) is 56.6 Å². The molecule has 0 unspecified atom stereocenters. The van der Waals surface area contributed by atoms with Crippen LogP contribution in [0, 0.1) is 0 Å². The average molecular weight is 314 g/mol. The standard InChI is InChI=1S/C20H26OS/c1-19(2,3)15-12-13-18(22-20(4,5)6)17(14-15)21-16-10-8-7-9-11-16/h7-14H,1-6H3. The molecule has 0 atom stereocenters. The predicted molar refractivity (Wildman–Crippen MR) is 97.3 cm³/mol. The highest BCUT2D eigenvalue weighted by Gasteiger charge is 2.20. The lowest BCUT2D eigenvalue weighted by Gasteiger charge is -2.24. The molecule has 0 saturated carbocycles. The van der Waals surface area contributed by atoms with Crippen molar-refractivity contribution in [2.24, 2.45) is 0 Å². The summed E-state index contributed by atoms with van der Waals surface area (Å²) >= 11 is 1.84. The second-order valence-electron chi connectivity index (χ2n) is 7.54. The van der Waals surface area contributed by atoms with Gasteiger partial charge in [0.15, 0.2) is 0 Å². The van der Waals surface area contributed by atoms with Gasteiger partial charge >= 0.3 is 0 Å². The first-order chi connectivity index (χ1) is 10.1. The van der Waals surface area contributed by atoms with Crippen LogP contribution >= 0.6 is 11.8 Å². The Morgan fingerprint density at radius 2 is 1.45 bits per heavy atom. The molecule has 0 heterocycles. The summed E-state index contributed by atoms with van der Waals surface area (Å²) in [6.07, 6.45) is 0. The van der Waals surface area contributed by atoms with Gasteiger partial charge in [-0.2, -0.15) is 0 Å². The Kier molecular flexibility index (Phi) is 4.91. The summed E-state index contributed by atoms with van der Waals surface area (Å²) in [4.78, 5) is 1.18. The maximum Gasteiger partial charge on any atom is 0.141 e. The van der Waals surface area contributed by atoms with Crippen LogP contribution in [0.4, 0.5) is 0 Å². The van der Waals surface area contributed by atoms with Crippen molar-refractivity contribution in [3.63, 3.8) is 0 Å². The summed E-state index contributed by atoms with van der Waals surface area (Å²) in [7, 11) is 0. The third-order valence-corrected chi connectivity index (χ3v) is 4.37. The molecule has 2 heteroatoms. The Morgan fingerprint density at radius 3 is 2.00 bits per heavy atom. The highest BCUT2D eigenvalue weighted by Crippen LogP contribution is 2.41. The van der Waals surface area contributed by atoms with Gasteiger partial charge < -0.3 is 4.74 Å². The first-order valence-corrected chi connectivity index (χ1v) is 8.53. The molecule has 0 aliphatic rings. The molecule has 0 bridgehead atoms. The zero-order valence-corrected chi connectivity index (χ0v) is 15.3. The van der Waals surface area contributed by atoms with Gasteiger partial charge in [-0.3, -0.25) is 0 Å². The van der Waals surface area contributed by atoms with Crippen molar-refractivity contribution in [1.29, 1.82) is 0 Å². The van der Waals surface area contributed by atoms with Gasteiger partial charge in [0.2, 0.25) is 0 Å². The molecule has 2 rings (SSSR count). The van der Waals surface area contributed by atoms with E-state index in [1.807, 2.05) is 42.1 Å². The molecule has 0 aromatic heterocycles. The van der Waals surface area contributed by atoms with Crippen molar-refractivity contribution in [1.82, 2.24) is 0 Å². The molecule has 0 fully saturated rings. The lowest BCUT2D eigenvalue weighted by molar-refractivity contribution is 0.466. The summed E-state index contributed by atoms with van der Waals surface area (Å²) in [5.41, 5.74) is 1.40. The molecule has 0 aliphatic heterocycles. The smallest absolute Gasteiger partial charge is 0.141 e. The molecule has 0 radical (unpaired) electrons. The van der Waals surface area contributed by atoms with Gasteiger partial charge in [-0.1, -0.05) is 65.8 Å². The van der Waals surface area contributed by atoms with E-state index in [2.05, 4.69) is 59.7 Å². The molecule has 0 saturated heterocycles. The maximum atomic E-state index is 6.17. The van der Waals surface area contributed by atoms with E-state index in [1.165, 1.54) is 10.5 Å². The largest absolute Gasteiger partial charge is 0.456 e. The normalized spacial score (nSPS) is 12.3. The van der Waals surface area contributed by atoms with Crippen LogP contribution in [-0.2, 0) is 5.41 Å². The van der Waals surface area contributed by atoms with Gasteiger partial charge in [-0.05, 0) is 35.2 Å². The number of hydrogen-bond donors (Lipinski definition) is 0. The monoisotopic (exact) mass is 314 g/mol. The van der Waals surface area contributed by atoms with Crippen LogP contribution in [0.3, 0.4) is 0 Å². The van der Waals surface area contributed by atoms with Gasteiger partial charge in [0.1, 0.15) is 11.5 Å². The van der Waals surface area contributed by atoms with Crippen LogP contribution in [-0.4, -0.2) is 4.75 Å². The first kappa shape index (κ1) is 17.0. The molecular weight excluding hydrogens is 288 g/mol. The van der Waals surface area contributed by atoms with Crippen LogP contribution in [0.2, 0.25) is 0 Å². The minimum Gasteiger partial charge on any atom is -0.456 e. The second-order valence-corrected chi connectivity index (χ2v) is 9.41. The Balaban J connectivity index is 2.41. The number of ether oxygens (including phenoxy) is 1. The minimum atomic E-state index is 0.111. The van der Waals surface area contributed by atoms with Crippen LogP contribution in [0.1, 0.15) is 47.1 Å². The van der Waals surface area contributed by atoms with Crippen molar-refractivity contribution < 1.29 is 4.74 Å². The number of para-hydroxylation sites is 1. The highest BCUT2D eigenvalue weighted by molar-refractivity contribution is 8.00. The van der Waals surface area contributed by atoms with E-state index in [1.54, 1.807) is 0 Å². The fourth-order valence-corrected chi connectivity index (χ4v) is 3.08. The molecule has 1 nitrogen and oxygen atoms in total. The highest BCUT2D eigenvalue weighted by atomic mass is 32.2. The predicted octanol–water partition coefficient (Wildman–Crippen LogP) is 6.67. The fraction of sp³-hybridized carbons (Fsp3) is 0.400. The van der Waals surface area contributed by atoms with E-state index in [9.17, 15) is 0 Å². The number of benzene rings is 2. The summed E-state index contributed by atoms with van der Waals surface area (Å²) in [5, 5.41) is 0. The van der Waals surface area contributed by atoms with Crippen LogP contribution in [0.15, 0.2) is 53.4 Å². The Bertz CT molecular complexity index is 618. The third-order valence-electron chi connectivity index (χ3n) is 3.20. The van der Waals surface area contributed by atoms with Crippen molar-refractivity contribution >= 4 is 11.8 Å². The van der Waals surface area contributed by atoms with Crippen LogP contribution in [0.5, 0.6) is 11.5 Å². The van der Waals surface area contributed by atoms with E-state index in [0.29, 0.717) is 0 Å².